The van der Waals surface area contributed by atoms with E-state index in [0.717, 1.165) is 16.2 Å². The standard InChI is InChI=1S/C24H26N6O4S/c1-35-20-5-2-4-17(12-20)13-23(31)25-9-11-34-10-8-18-14-29(28-27-18)15-19-16-30-21(24(32)33)6-3-7-22(30)26-19/h2-7,12,14,16H,8-11,13,15H2,1H3,(H,25,31)(H,32,33). The number of fused-ring (bicyclic) bond motifs is 1. The number of rotatable bonds is 12. The van der Waals surface area contributed by atoms with Crippen molar-refractivity contribution in [2.45, 2.75) is 24.3 Å². The smallest absolute Gasteiger partial charge is 0.352 e. The first-order valence-electron chi connectivity index (χ1n) is 11.1. The van der Waals surface area contributed by atoms with Gasteiger partial charge >= 0.3 is 5.97 Å². The van der Waals surface area contributed by atoms with Crippen LogP contribution in [0.1, 0.15) is 27.4 Å². The number of nitrogens with zero attached hydrogens (tertiary/aromatic N) is 5. The number of amides is 1. The van der Waals surface area contributed by atoms with Crippen LogP contribution in [-0.2, 0) is 28.9 Å². The van der Waals surface area contributed by atoms with Crippen LogP contribution in [0.4, 0.5) is 0 Å². The molecular formula is C24H26N6O4S. The molecule has 0 saturated carbocycles. The van der Waals surface area contributed by atoms with Gasteiger partial charge < -0.3 is 15.2 Å². The Labute approximate surface area is 206 Å². The van der Waals surface area contributed by atoms with Gasteiger partial charge in [-0.3, -0.25) is 9.20 Å². The molecule has 0 spiro atoms. The number of aromatic carboxylic acids is 1. The second kappa shape index (κ2) is 11.6. The molecule has 1 amide bonds. The van der Waals surface area contributed by atoms with Crippen molar-refractivity contribution >= 4 is 29.3 Å². The summed E-state index contributed by atoms with van der Waals surface area (Å²) < 4.78 is 8.81. The van der Waals surface area contributed by atoms with Gasteiger partial charge in [-0.2, -0.15) is 0 Å². The number of carboxylic acid groups (broad SMARTS) is 1. The minimum atomic E-state index is -1.01. The fraction of sp³-hybridized carbons (Fsp3) is 0.292. The lowest BCUT2D eigenvalue weighted by Gasteiger charge is -2.07. The Bertz CT molecular complexity index is 1320. The summed E-state index contributed by atoms with van der Waals surface area (Å²) in [6.07, 6.45) is 6.45. The molecule has 0 bridgehead atoms. The first-order chi connectivity index (χ1) is 17.0. The molecule has 0 aliphatic carbocycles. The molecule has 0 unspecified atom stereocenters. The van der Waals surface area contributed by atoms with E-state index in [2.05, 4.69) is 20.6 Å². The maximum absolute atomic E-state index is 12.1. The Morgan fingerprint density at radius 2 is 1.97 bits per heavy atom. The second-order valence-electron chi connectivity index (χ2n) is 7.82. The van der Waals surface area contributed by atoms with Crippen LogP contribution in [0.5, 0.6) is 0 Å². The molecule has 35 heavy (non-hydrogen) atoms. The van der Waals surface area contributed by atoms with Crippen molar-refractivity contribution in [1.29, 1.82) is 0 Å². The number of benzene rings is 1. The van der Waals surface area contributed by atoms with Crippen LogP contribution in [-0.4, -0.2) is 67.4 Å². The summed E-state index contributed by atoms with van der Waals surface area (Å²) in [5, 5.41) is 20.5. The minimum Gasteiger partial charge on any atom is -0.477 e. The number of nitrogens with one attached hydrogen (secondary N) is 1. The molecule has 0 aliphatic heterocycles. The summed E-state index contributed by atoms with van der Waals surface area (Å²) in [5.41, 5.74) is 3.16. The number of imidazole rings is 1. The van der Waals surface area contributed by atoms with Gasteiger partial charge in [-0.1, -0.05) is 23.4 Å². The van der Waals surface area contributed by atoms with Crippen LogP contribution in [0, 0.1) is 0 Å². The third-order valence-electron chi connectivity index (χ3n) is 5.24. The summed E-state index contributed by atoms with van der Waals surface area (Å²) in [7, 11) is 0. The number of hydrogen-bond donors (Lipinski definition) is 2. The van der Waals surface area contributed by atoms with Gasteiger partial charge in [0.15, 0.2) is 0 Å². The molecule has 3 heterocycles. The highest BCUT2D eigenvalue weighted by atomic mass is 32.2. The molecule has 4 aromatic rings. The normalized spacial score (nSPS) is 11.1. The van der Waals surface area contributed by atoms with E-state index in [1.165, 1.54) is 6.07 Å². The number of aromatic nitrogens is 5. The van der Waals surface area contributed by atoms with Crippen molar-refractivity contribution in [2.75, 3.05) is 26.0 Å². The monoisotopic (exact) mass is 494 g/mol. The average Bonchev–Trinajstić information content (AvgIpc) is 3.47. The molecule has 0 aliphatic rings. The lowest BCUT2D eigenvalue weighted by Crippen LogP contribution is -2.28. The van der Waals surface area contributed by atoms with Crippen molar-refractivity contribution in [3.05, 3.63) is 77.5 Å². The number of carbonyl (C=O) groups is 2. The van der Waals surface area contributed by atoms with Crippen LogP contribution in [0.3, 0.4) is 0 Å². The highest BCUT2D eigenvalue weighted by Crippen LogP contribution is 2.16. The van der Waals surface area contributed by atoms with Gasteiger partial charge in [0.05, 0.1) is 37.6 Å². The number of carboxylic acids is 1. The number of pyridine rings is 1. The van der Waals surface area contributed by atoms with Gasteiger partial charge in [0.1, 0.15) is 11.3 Å². The van der Waals surface area contributed by atoms with Crippen molar-refractivity contribution in [3.8, 4) is 0 Å². The van der Waals surface area contributed by atoms with Gasteiger partial charge in [0.2, 0.25) is 5.91 Å². The minimum absolute atomic E-state index is 0.0304. The zero-order valence-electron chi connectivity index (χ0n) is 19.3. The number of thioether (sulfide) groups is 1. The molecule has 2 N–H and O–H groups in total. The summed E-state index contributed by atoms with van der Waals surface area (Å²) in [5.74, 6) is -1.04. The molecule has 182 valence electrons. The van der Waals surface area contributed by atoms with Crippen LogP contribution in [0.15, 0.2) is 59.8 Å². The Kier molecular flexibility index (Phi) is 8.11. The fourth-order valence-corrected chi connectivity index (χ4v) is 4.06. The summed E-state index contributed by atoms with van der Waals surface area (Å²) in [4.78, 5) is 29.1. The lowest BCUT2D eigenvalue weighted by molar-refractivity contribution is -0.120. The van der Waals surface area contributed by atoms with Crippen molar-refractivity contribution in [3.63, 3.8) is 0 Å². The average molecular weight is 495 g/mol. The largest absolute Gasteiger partial charge is 0.477 e. The molecule has 4 rings (SSSR count). The SMILES string of the molecule is CSc1cccc(CC(=O)NCCOCCc2cn(Cc3cn4c(C(=O)O)cccc4n3)nn2)c1. The van der Waals surface area contributed by atoms with E-state index in [1.54, 1.807) is 39.2 Å². The number of ether oxygens (including phenoxy) is 1. The maximum Gasteiger partial charge on any atom is 0.352 e. The Morgan fingerprint density at radius 1 is 1.11 bits per heavy atom. The van der Waals surface area contributed by atoms with E-state index in [4.69, 9.17) is 4.74 Å². The fourth-order valence-electron chi connectivity index (χ4n) is 3.58. The van der Waals surface area contributed by atoms with Gasteiger partial charge in [0, 0.05) is 30.3 Å². The van der Waals surface area contributed by atoms with Gasteiger partial charge in [-0.15, -0.1) is 16.9 Å². The van der Waals surface area contributed by atoms with Crippen molar-refractivity contribution in [2.24, 2.45) is 0 Å². The second-order valence-corrected chi connectivity index (χ2v) is 8.70. The van der Waals surface area contributed by atoms with E-state index in [-0.39, 0.29) is 11.6 Å². The molecule has 0 saturated heterocycles. The lowest BCUT2D eigenvalue weighted by atomic mass is 10.1. The van der Waals surface area contributed by atoms with Crippen LogP contribution < -0.4 is 5.32 Å². The van der Waals surface area contributed by atoms with Crippen LogP contribution in [0.25, 0.3) is 5.65 Å². The summed E-state index contributed by atoms with van der Waals surface area (Å²) in [6, 6.07) is 12.9. The maximum atomic E-state index is 12.1. The van der Waals surface area contributed by atoms with Crippen molar-refractivity contribution in [1.82, 2.24) is 29.7 Å². The number of hydrogen-bond acceptors (Lipinski definition) is 7. The molecule has 1 aromatic carbocycles. The summed E-state index contributed by atoms with van der Waals surface area (Å²) >= 11 is 1.65. The zero-order chi connectivity index (χ0) is 24.6. The van der Waals surface area contributed by atoms with Crippen LogP contribution in [0.2, 0.25) is 0 Å². The molecule has 3 aromatic heterocycles. The van der Waals surface area contributed by atoms with Crippen LogP contribution >= 0.6 is 11.8 Å². The van der Waals surface area contributed by atoms with E-state index in [1.807, 2.05) is 36.7 Å². The highest BCUT2D eigenvalue weighted by molar-refractivity contribution is 7.98. The third-order valence-corrected chi connectivity index (χ3v) is 5.97. The molecule has 10 nitrogen and oxygen atoms in total. The molecule has 0 atom stereocenters. The molecule has 0 fully saturated rings. The highest BCUT2D eigenvalue weighted by Gasteiger charge is 2.11. The quantitative estimate of drug-likeness (QED) is 0.227. The Morgan fingerprint density at radius 3 is 2.80 bits per heavy atom. The Hall–Kier alpha value is -3.70. The predicted molar refractivity (Wildman–Crippen MR) is 131 cm³/mol. The van der Waals surface area contributed by atoms with Gasteiger partial charge in [-0.25, -0.2) is 14.5 Å². The van der Waals surface area contributed by atoms with E-state index in [9.17, 15) is 14.7 Å². The van der Waals surface area contributed by atoms with E-state index >= 15 is 0 Å². The Balaban J connectivity index is 1.17. The van der Waals surface area contributed by atoms with Gasteiger partial charge in [0.25, 0.3) is 0 Å². The van der Waals surface area contributed by atoms with E-state index in [0.29, 0.717) is 50.5 Å². The number of carbonyl (C=O) groups excluding carboxylic acids is 1. The summed E-state index contributed by atoms with van der Waals surface area (Å²) in [6.45, 7) is 1.69. The first kappa shape index (κ1) is 24.4. The van der Waals surface area contributed by atoms with E-state index < -0.39 is 5.97 Å². The predicted octanol–water partition coefficient (Wildman–Crippen LogP) is 2.31. The molecule has 0 radical (unpaired) electrons. The zero-order valence-corrected chi connectivity index (χ0v) is 20.1. The molecular weight excluding hydrogens is 468 g/mol. The van der Waals surface area contributed by atoms with Crippen molar-refractivity contribution < 1.29 is 19.4 Å². The van der Waals surface area contributed by atoms with Gasteiger partial charge in [-0.05, 0) is 36.1 Å². The third kappa shape index (κ3) is 6.67. The first-order valence-corrected chi connectivity index (χ1v) is 12.3. The molecule has 11 heteroatoms. The topological polar surface area (TPSA) is 124 Å².